The summed E-state index contributed by atoms with van der Waals surface area (Å²) in [6.07, 6.45) is 23.1. The first kappa shape index (κ1) is 47.4. The summed E-state index contributed by atoms with van der Waals surface area (Å²) >= 11 is 0. The predicted octanol–water partition coefficient (Wildman–Crippen LogP) is 17.3. The quantitative estimate of drug-likeness (QED) is 0.156. The molecule has 1 aliphatic heterocycles. The van der Waals surface area contributed by atoms with Gasteiger partial charge < -0.3 is 14.5 Å². The van der Waals surface area contributed by atoms with E-state index in [4.69, 9.17) is 4.74 Å². The van der Waals surface area contributed by atoms with Gasteiger partial charge in [0.05, 0.1) is 11.7 Å². The Hall–Kier alpha value is -5.54. The van der Waals surface area contributed by atoms with Gasteiger partial charge in [-0.2, -0.15) is 0 Å². The van der Waals surface area contributed by atoms with Crippen molar-refractivity contribution >= 4 is 28.3 Å². The normalized spacial score (nSPS) is 19.1. The number of anilines is 4. The molecule has 0 saturated heterocycles. The Morgan fingerprint density at radius 2 is 1.11 bits per heavy atom. The van der Waals surface area contributed by atoms with Gasteiger partial charge in [-0.3, -0.25) is 0 Å². The number of fused-ring (bicyclic) bond motifs is 3. The van der Waals surface area contributed by atoms with E-state index >= 15 is 0 Å². The molecule has 2 aliphatic carbocycles. The lowest BCUT2D eigenvalue weighted by Gasteiger charge is -2.37. The van der Waals surface area contributed by atoms with E-state index in [1.807, 2.05) is 6.08 Å². The molecule has 0 fully saturated rings. The van der Waals surface area contributed by atoms with Crippen molar-refractivity contribution in [3.8, 4) is 5.75 Å². The lowest BCUT2D eigenvalue weighted by molar-refractivity contribution is 0.268. The van der Waals surface area contributed by atoms with Crippen LogP contribution >= 0.6 is 0 Å². The standard InChI is InChI=1S/C62H76N2O/c1-17-20-42(58(2,3)4)39-40-63(46-29-23-43(24-30-46)59(5,6)7)49-35-36-50(53(41-49)62(14,15)16)51-37-38-54(56-52-21-18-19-22-55(52)65-57(51)56)64(47-31-25-44(26-32-47)60(8,9)10)48-33-27-45(28-34-48)61(11,12)13/h17-40,49,52,55H,1,41H2,2-16H3/b40-39-,42-20+. The number of hydrogen-bond donors (Lipinski definition) is 0. The molecule has 0 radical (unpaired) electrons. The van der Waals surface area contributed by atoms with Crippen molar-refractivity contribution in [1.29, 1.82) is 0 Å². The van der Waals surface area contributed by atoms with Crippen LogP contribution in [0.1, 0.15) is 144 Å². The van der Waals surface area contributed by atoms with Gasteiger partial charge in [-0.1, -0.05) is 195 Å². The van der Waals surface area contributed by atoms with Crippen molar-refractivity contribution in [1.82, 2.24) is 0 Å². The van der Waals surface area contributed by atoms with Crippen LogP contribution in [0.5, 0.6) is 5.75 Å². The smallest absolute Gasteiger partial charge is 0.134 e. The molecule has 340 valence electrons. The van der Waals surface area contributed by atoms with Gasteiger partial charge in [0.2, 0.25) is 0 Å². The van der Waals surface area contributed by atoms with E-state index in [0.29, 0.717) is 0 Å². The number of ether oxygens (including phenoxy) is 1. The van der Waals surface area contributed by atoms with Crippen LogP contribution in [0, 0.1) is 10.8 Å². The fourth-order valence-corrected chi connectivity index (χ4v) is 9.40. The van der Waals surface area contributed by atoms with Gasteiger partial charge in [0, 0.05) is 40.3 Å². The van der Waals surface area contributed by atoms with Gasteiger partial charge >= 0.3 is 0 Å². The number of hydrogen-bond acceptors (Lipinski definition) is 3. The number of benzene rings is 4. The van der Waals surface area contributed by atoms with Crippen molar-refractivity contribution in [3.63, 3.8) is 0 Å². The minimum absolute atomic E-state index is 0.0338. The second-order valence-corrected chi connectivity index (χ2v) is 23.6. The lowest BCUT2D eigenvalue weighted by atomic mass is 9.75. The third-order valence-corrected chi connectivity index (χ3v) is 13.5. The van der Waals surface area contributed by atoms with E-state index in [0.717, 1.165) is 34.8 Å². The van der Waals surface area contributed by atoms with Crippen LogP contribution in [-0.2, 0) is 16.2 Å². The van der Waals surface area contributed by atoms with Gasteiger partial charge in [0.15, 0.2) is 0 Å². The van der Waals surface area contributed by atoms with Crippen molar-refractivity contribution in [2.45, 2.75) is 145 Å². The van der Waals surface area contributed by atoms with Crippen LogP contribution in [0.15, 0.2) is 164 Å². The topological polar surface area (TPSA) is 15.7 Å². The summed E-state index contributed by atoms with van der Waals surface area (Å²) in [7, 11) is 0. The van der Waals surface area contributed by atoms with E-state index in [-0.39, 0.29) is 45.1 Å². The molecule has 65 heavy (non-hydrogen) atoms. The first-order chi connectivity index (χ1) is 30.4. The summed E-state index contributed by atoms with van der Waals surface area (Å²) in [4.78, 5) is 4.92. The van der Waals surface area contributed by atoms with Crippen LogP contribution in [0.4, 0.5) is 22.7 Å². The van der Waals surface area contributed by atoms with E-state index in [1.54, 1.807) is 0 Å². The van der Waals surface area contributed by atoms with Crippen molar-refractivity contribution < 1.29 is 4.74 Å². The maximum absolute atomic E-state index is 7.18. The fraction of sp³-hybridized carbons (Fsp3) is 0.387. The Kier molecular flexibility index (Phi) is 12.9. The molecule has 3 heteroatoms. The Morgan fingerprint density at radius 1 is 0.600 bits per heavy atom. The molecule has 7 rings (SSSR count). The Balaban J connectivity index is 1.38. The summed E-state index contributed by atoms with van der Waals surface area (Å²) in [6, 6.07) is 32.3. The molecular formula is C62H76N2O. The van der Waals surface area contributed by atoms with E-state index in [1.165, 1.54) is 44.7 Å². The molecule has 0 spiro atoms. The molecule has 1 heterocycles. The molecule has 3 nitrogen and oxygen atoms in total. The van der Waals surface area contributed by atoms with E-state index in [9.17, 15) is 0 Å². The molecule has 3 aliphatic rings. The SMILES string of the molecule is C=C/C=C(\C=C/N(c1ccc(C(C)(C)C)cc1)C1C=CC(c2ccc(N(c3ccc(C(C)(C)C)cc3)c3ccc(C(C)(C)C)cc3)c3c2OC2C=CC=CC32)=C(C(C)(C)C)C1)C(C)(C)C. The molecule has 0 N–H and O–H groups in total. The molecule has 0 bridgehead atoms. The van der Waals surface area contributed by atoms with Crippen LogP contribution in [0.25, 0.3) is 5.57 Å². The first-order valence-electron chi connectivity index (χ1n) is 23.9. The van der Waals surface area contributed by atoms with E-state index in [2.05, 4.69) is 260 Å². The van der Waals surface area contributed by atoms with Crippen LogP contribution in [0.3, 0.4) is 0 Å². The molecule has 0 amide bonds. The van der Waals surface area contributed by atoms with Crippen molar-refractivity contribution in [2.75, 3.05) is 9.80 Å². The Morgan fingerprint density at radius 3 is 1.58 bits per heavy atom. The van der Waals surface area contributed by atoms with E-state index < -0.39 is 0 Å². The maximum Gasteiger partial charge on any atom is 0.134 e. The molecule has 3 atom stereocenters. The third kappa shape index (κ3) is 10.2. The van der Waals surface area contributed by atoms with Gasteiger partial charge in [0.1, 0.15) is 11.9 Å². The summed E-state index contributed by atoms with van der Waals surface area (Å²) < 4.78 is 7.18. The average molecular weight is 865 g/mol. The molecule has 4 aromatic carbocycles. The summed E-state index contributed by atoms with van der Waals surface area (Å²) in [5.74, 6) is 1.06. The highest BCUT2D eigenvalue weighted by Crippen LogP contribution is 2.54. The van der Waals surface area contributed by atoms with Crippen molar-refractivity contribution in [3.05, 3.63) is 191 Å². The Labute approximate surface area is 393 Å². The van der Waals surface area contributed by atoms with Crippen LogP contribution in [-0.4, -0.2) is 12.1 Å². The minimum Gasteiger partial charge on any atom is -0.484 e. The fourth-order valence-electron chi connectivity index (χ4n) is 9.40. The maximum atomic E-state index is 7.18. The molecular weight excluding hydrogens is 789 g/mol. The van der Waals surface area contributed by atoms with Gasteiger partial charge in [0.25, 0.3) is 0 Å². The summed E-state index contributed by atoms with van der Waals surface area (Å²) in [5, 5.41) is 0. The molecule has 0 saturated carbocycles. The second kappa shape index (κ2) is 17.7. The number of allylic oxidation sites excluding steroid dienone is 8. The number of nitrogens with zero attached hydrogens (tertiary/aromatic N) is 2. The van der Waals surface area contributed by atoms with Gasteiger partial charge in [-0.25, -0.2) is 0 Å². The highest BCUT2D eigenvalue weighted by Gasteiger charge is 2.40. The second-order valence-electron chi connectivity index (χ2n) is 23.6. The van der Waals surface area contributed by atoms with Crippen molar-refractivity contribution in [2.24, 2.45) is 10.8 Å². The summed E-state index contributed by atoms with van der Waals surface area (Å²) in [6.45, 7) is 38.5. The van der Waals surface area contributed by atoms with Gasteiger partial charge in [-0.15, -0.1) is 0 Å². The monoisotopic (exact) mass is 865 g/mol. The molecule has 3 unspecified atom stereocenters. The average Bonchev–Trinajstić information content (AvgIpc) is 3.63. The predicted molar refractivity (Wildman–Crippen MR) is 282 cm³/mol. The number of rotatable bonds is 9. The molecule has 4 aromatic rings. The van der Waals surface area contributed by atoms with Gasteiger partial charge in [-0.05, 0) is 122 Å². The lowest BCUT2D eigenvalue weighted by Crippen LogP contribution is -2.33. The highest BCUT2D eigenvalue weighted by molar-refractivity contribution is 5.89. The van der Waals surface area contributed by atoms with Crippen LogP contribution in [0.2, 0.25) is 0 Å². The molecule has 0 aromatic heterocycles. The summed E-state index contributed by atoms with van der Waals surface area (Å²) in [5.41, 5.74) is 14.9. The zero-order valence-corrected chi connectivity index (χ0v) is 42.3. The van der Waals surface area contributed by atoms with Crippen LogP contribution < -0.4 is 14.5 Å². The first-order valence-corrected chi connectivity index (χ1v) is 23.9. The largest absolute Gasteiger partial charge is 0.484 e. The zero-order chi connectivity index (χ0) is 47.3. The third-order valence-electron chi connectivity index (χ3n) is 13.5. The minimum atomic E-state index is -0.116. The zero-order valence-electron chi connectivity index (χ0n) is 42.3. The highest BCUT2D eigenvalue weighted by atomic mass is 16.5. The Bertz CT molecular complexity index is 2500.